The first-order valence-corrected chi connectivity index (χ1v) is 5.00. The molecule has 1 aromatic heterocycles. The summed E-state index contributed by atoms with van der Waals surface area (Å²) in [6.45, 7) is 1.08. The zero-order valence-corrected chi connectivity index (χ0v) is 7.49. The molecule has 2 fully saturated rings. The van der Waals surface area contributed by atoms with Crippen LogP contribution in [0.15, 0.2) is 4.42 Å². The Morgan fingerprint density at radius 3 is 2.69 bits per heavy atom. The van der Waals surface area contributed by atoms with Crippen LogP contribution in [0.4, 0.5) is 0 Å². The van der Waals surface area contributed by atoms with Crippen molar-refractivity contribution in [1.82, 2.24) is 15.5 Å². The molecule has 1 aliphatic heterocycles. The van der Waals surface area contributed by atoms with Crippen LogP contribution in [0.5, 0.6) is 0 Å². The monoisotopic (exact) mass is 179 g/mol. The topological polar surface area (TPSA) is 51.0 Å². The zero-order valence-electron chi connectivity index (χ0n) is 7.49. The molecule has 0 unspecified atom stereocenters. The summed E-state index contributed by atoms with van der Waals surface area (Å²) in [6, 6.07) is 0.319. The van der Waals surface area contributed by atoms with E-state index in [1.165, 1.54) is 19.3 Å². The Labute approximate surface area is 76.7 Å². The number of aromatic nitrogens is 2. The molecule has 0 radical (unpaired) electrons. The van der Waals surface area contributed by atoms with E-state index in [-0.39, 0.29) is 0 Å². The van der Waals surface area contributed by atoms with Crippen molar-refractivity contribution < 1.29 is 4.42 Å². The van der Waals surface area contributed by atoms with Crippen molar-refractivity contribution >= 4 is 0 Å². The van der Waals surface area contributed by atoms with Crippen LogP contribution < -0.4 is 5.32 Å². The minimum atomic E-state index is 0.319. The quantitative estimate of drug-likeness (QED) is 0.745. The SMILES string of the molecule is C1CN[C@H](c2nnc(C3CC3)o2)C1. The standard InChI is InChI=1S/C9H13N3O/c1-2-7(10-5-1)9-12-11-8(13-9)6-3-4-6/h6-7,10H,1-5H2/t7-/m0/s1. The summed E-state index contributed by atoms with van der Waals surface area (Å²) in [5.74, 6) is 2.21. The molecule has 4 nitrogen and oxygen atoms in total. The average molecular weight is 179 g/mol. The third kappa shape index (κ3) is 1.35. The van der Waals surface area contributed by atoms with Gasteiger partial charge >= 0.3 is 0 Å². The molecule has 1 N–H and O–H groups in total. The van der Waals surface area contributed by atoms with E-state index in [4.69, 9.17) is 4.42 Å². The molecule has 1 saturated carbocycles. The van der Waals surface area contributed by atoms with Gasteiger partial charge in [-0.05, 0) is 32.2 Å². The van der Waals surface area contributed by atoms with Gasteiger partial charge in [-0.25, -0.2) is 0 Å². The first kappa shape index (κ1) is 7.50. The van der Waals surface area contributed by atoms with Gasteiger partial charge in [-0.3, -0.25) is 0 Å². The van der Waals surface area contributed by atoms with Gasteiger partial charge in [0.05, 0.1) is 6.04 Å². The van der Waals surface area contributed by atoms with Gasteiger partial charge in [-0.15, -0.1) is 10.2 Å². The molecular formula is C9H13N3O. The van der Waals surface area contributed by atoms with Crippen LogP contribution in [0.1, 0.15) is 49.4 Å². The molecular weight excluding hydrogens is 166 g/mol. The second kappa shape index (κ2) is 2.80. The van der Waals surface area contributed by atoms with Crippen molar-refractivity contribution in [3.63, 3.8) is 0 Å². The lowest BCUT2D eigenvalue weighted by atomic mass is 10.2. The Kier molecular flexibility index (Phi) is 1.62. The second-order valence-electron chi connectivity index (χ2n) is 3.90. The molecule has 0 amide bonds. The summed E-state index contributed by atoms with van der Waals surface area (Å²) in [5.41, 5.74) is 0. The Morgan fingerprint density at radius 1 is 1.15 bits per heavy atom. The maximum Gasteiger partial charge on any atom is 0.233 e. The van der Waals surface area contributed by atoms with E-state index in [1.807, 2.05) is 0 Å². The van der Waals surface area contributed by atoms with Crippen molar-refractivity contribution in [2.24, 2.45) is 0 Å². The lowest BCUT2D eigenvalue weighted by Crippen LogP contribution is -2.12. The number of rotatable bonds is 2. The predicted octanol–water partition coefficient (Wildman–Crippen LogP) is 1.37. The number of nitrogens with one attached hydrogen (secondary N) is 1. The van der Waals surface area contributed by atoms with Gasteiger partial charge in [0.2, 0.25) is 11.8 Å². The molecule has 4 heteroatoms. The first-order chi connectivity index (χ1) is 6.43. The van der Waals surface area contributed by atoms with E-state index in [0.29, 0.717) is 12.0 Å². The maximum absolute atomic E-state index is 5.61. The van der Waals surface area contributed by atoms with Crippen molar-refractivity contribution in [2.75, 3.05) is 6.54 Å². The molecule has 70 valence electrons. The van der Waals surface area contributed by atoms with Crippen LogP contribution in [-0.4, -0.2) is 16.7 Å². The number of hydrogen-bond acceptors (Lipinski definition) is 4. The van der Waals surface area contributed by atoms with Crippen molar-refractivity contribution in [2.45, 2.75) is 37.6 Å². The first-order valence-electron chi connectivity index (χ1n) is 5.00. The smallest absolute Gasteiger partial charge is 0.233 e. The number of nitrogens with zero attached hydrogens (tertiary/aromatic N) is 2. The molecule has 1 aromatic rings. The largest absolute Gasteiger partial charge is 0.423 e. The highest BCUT2D eigenvalue weighted by molar-refractivity contribution is 5.02. The van der Waals surface area contributed by atoms with Crippen LogP contribution >= 0.6 is 0 Å². The molecule has 13 heavy (non-hydrogen) atoms. The van der Waals surface area contributed by atoms with Gasteiger partial charge in [0.15, 0.2) is 0 Å². The third-order valence-electron chi connectivity index (χ3n) is 2.74. The third-order valence-corrected chi connectivity index (χ3v) is 2.74. The molecule has 3 rings (SSSR count). The van der Waals surface area contributed by atoms with Gasteiger partial charge in [0.25, 0.3) is 0 Å². The summed E-state index contributed by atoms with van der Waals surface area (Å²) >= 11 is 0. The average Bonchev–Trinajstić information content (AvgIpc) is 2.72. The molecule has 1 atom stereocenters. The fraction of sp³-hybridized carbons (Fsp3) is 0.778. The zero-order chi connectivity index (χ0) is 8.67. The Hall–Kier alpha value is -0.900. The van der Waals surface area contributed by atoms with E-state index < -0.39 is 0 Å². The molecule has 0 aromatic carbocycles. The Bertz CT molecular complexity index is 300. The Balaban J connectivity index is 1.79. The van der Waals surface area contributed by atoms with Crippen LogP contribution in [0.3, 0.4) is 0 Å². The molecule has 0 bridgehead atoms. The van der Waals surface area contributed by atoms with Gasteiger partial charge in [-0.2, -0.15) is 0 Å². The van der Waals surface area contributed by atoms with E-state index in [9.17, 15) is 0 Å². The highest BCUT2D eigenvalue weighted by atomic mass is 16.4. The van der Waals surface area contributed by atoms with Crippen LogP contribution in [0.2, 0.25) is 0 Å². The second-order valence-corrected chi connectivity index (χ2v) is 3.90. The fourth-order valence-corrected chi connectivity index (χ4v) is 1.78. The van der Waals surface area contributed by atoms with Gasteiger partial charge in [0.1, 0.15) is 0 Å². The van der Waals surface area contributed by atoms with Crippen molar-refractivity contribution in [3.05, 3.63) is 11.8 Å². The normalized spacial score (nSPS) is 28.2. The molecule has 1 aliphatic carbocycles. The summed E-state index contributed by atoms with van der Waals surface area (Å²) in [5, 5.41) is 11.5. The van der Waals surface area contributed by atoms with E-state index >= 15 is 0 Å². The van der Waals surface area contributed by atoms with Gasteiger partial charge < -0.3 is 9.73 Å². The Morgan fingerprint density at radius 2 is 2.00 bits per heavy atom. The minimum Gasteiger partial charge on any atom is -0.423 e. The molecule has 2 heterocycles. The molecule has 1 saturated heterocycles. The van der Waals surface area contributed by atoms with E-state index in [2.05, 4.69) is 15.5 Å². The lowest BCUT2D eigenvalue weighted by Gasteiger charge is -2.01. The summed E-state index contributed by atoms with van der Waals surface area (Å²) in [6.07, 6.45) is 4.79. The van der Waals surface area contributed by atoms with Gasteiger partial charge in [0, 0.05) is 5.92 Å². The maximum atomic E-state index is 5.61. The predicted molar refractivity (Wildman–Crippen MR) is 46.3 cm³/mol. The highest BCUT2D eigenvalue weighted by Crippen LogP contribution is 2.39. The van der Waals surface area contributed by atoms with E-state index in [1.54, 1.807) is 0 Å². The highest BCUT2D eigenvalue weighted by Gasteiger charge is 2.31. The minimum absolute atomic E-state index is 0.319. The van der Waals surface area contributed by atoms with Crippen LogP contribution in [0, 0.1) is 0 Å². The summed E-state index contributed by atoms with van der Waals surface area (Å²) in [7, 11) is 0. The molecule has 0 spiro atoms. The van der Waals surface area contributed by atoms with E-state index in [0.717, 1.165) is 24.7 Å². The van der Waals surface area contributed by atoms with Gasteiger partial charge in [-0.1, -0.05) is 0 Å². The summed E-state index contributed by atoms with van der Waals surface area (Å²) in [4.78, 5) is 0. The molecule has 2 aliphatic rings. The number of hydrogen-bond donors (Lipinski definition) is 1. The summed E-state index contributed by atoms with van der Waals surface area (Å²) < 4.78 is 5.61. The van der Waals surface area contributed by atoms with Crippen LogP contribution in [-0.2, 0) is 0 Å². The fourth-order valence-electron chi connectivity index (χ4n) is 1.78. The lowest BCUT2D eigenvalue weighted by molar-refractivity contribution is 0.403. The van der Waals surface area contributed by atoms with Crippen molar-refractivity contribution in [3.8, 4) is 0 Å². The van der Waals surface area contributed by atoms with Crippen LogP contribution in [0.25, 0.3) is 0 Å². The van der Waals surface area contributed by atoms with Crippen molar-refractivity contribution in [1.29, 1.82) is 0 Å².